The first kappa shape index (κ1) is 14.8. The minimum atomic E-state index is -3.53. The van der Waals surface area contributed by atoms with E-state index in [2.05, 4.69) is 9.71 Å². The quantitative estimate of drug-likeness (QED) is 0.846. The molecule has 0 saturated heterocycles. The van der Waals surface area contributed by atoms with Crippen molar-refractivity contribution in [2.24, 2.45) is 5.92 Å². The second-order valence-corrected chi connectivity index (χ2v) is 6.94. The minimum absolute atomic E-state index is 0.0666. The summed E-state index contributed by atoms with van der Waals surface area (Å²) >= 11 is 5.92. The molecule has 1 fully saturated rings. The molecule has 19 heavy (non-hydrogen) atoms. The molecule has 1 N–H and O–H groups in total. The van der Waals surface area contributed by atoms with E-state index in [4.69, 9.17) is 11.6 Å². The molecule has 0 amide bonds. The molecule has 0 spiro atoms. The Morgan fingerprint density at radius 2 is 2.21 bits per heavy atom. The number of hydrogen-bond acceptors (Lipinski definition) is 3. The molecule has 5 nitrogen and oxygen atoms in total. The van der Waals surface area contributed by atoms with E-state index in [0.717, 1.165) is 25.7 Å². The topological polar surface area (TPSA) is 64.0 Å². The van der Waals surface area contributed by atoms with Crippen molar-refractivity contribution < 1.29 is 8.42 Å². The van der Waals surface area contributed by atoms with Crippen LogP contribution < -0.4 is 4.72 Å². The smallest absolute Gasteiger partial charge is 0.259 e. The Labute approximate surface area is 119 Å². The van der Waals surface area contributed by atoms with Gasteiger partial charge in [-0.3, -0.25) is 0 Å². The standard InChI is InChI=1S/C12H20ClN3O2S/c1-2-16-8-12(14-9-16)19(17,18)15-11-6-4-3-5-10(11)7-13/h8-11,15H,2-7H2,1H3. The molecule has 1 aliphatic rings. The van der Waals surface area contributed by atoms with Crippen LogP contribution in [-0.2, 0) is 16.6 Å². The van der Waals surface area contributed by atoms with Crippen LogP contribution >= 0.6 is 11.6 Å². The van der Waals surface area contributed by atoms with Gasteiger partial charge < -0.3 is 4.57 Å². The number of aromatic nitrogens is 2. The van der Waals surface area contributed by atoms with Crippen molar-refractivity contribution in [1.82, 2.24) is 14.3 Å². The molecule has 2 rings (SSSR count). The molecule has 0 aromatic carbocycles. The number of sulfonamides is 1. The second-order valence-electron chi connectivity index (χ2n) is 4.97. The van der Waals surface area contributed by atoms with Gasteiger partial charge in [0.05, 0.1) is 6.33 Å². The Morgan fingerprint density at radius 3 is 2.84 bits per heavy atom. The third kappa shape index (κ3) is 3.49. The van der Waals surface area contributed by atoms with Gasteiger partial charge in [0.15, 0.2) is 5.03 Å². The molecule has 7 heteroatoms. The van der Waals surface area contributed by atoms with Gasteiger partial charge in [0.25, 0.3) is 10.0 Å². The molecule has 1 aliphatic carbocycles. The largest absolute Gasteiger partial charge is 0.336 e. The van der Waals surface area contributed by atoms with E-state index in [1.807, 2.05) is 6.92 Å². The first-order valence-electron chi connectivity index (χ1n) is 6.67. The lowest BCUT2D eigenvalue weighted by Crippen LogP contribution is -2.42. The van der Waals surface area contributed by atoms with E-state index in [1.54, 1.807) is 10.8 Å². The lowest BCUT2D eigenvalue weighted by atomic mass is 9.86. The molecule has 0 bridgehead atoms. The summed E-state index contributed by atoms with van der Waals surface area (Å²) in [4.78, 5) is 3.95. The number of alkyl halides is 1. The molecule has 2 unspecified atom stereocenters. The number of hydrogen-bond donors (Lipinski definition) is 1. The molecule has 0 radical (unpaired) electrons. The normalized spacial score (nSPS) is 24.5. The van der Waals surface area contributed by atoms with Crippen LogP contribution in [0, 0.1) is 5.92 Å². The molecule has 1 heterocycles. The van der Waals surface area contributed by atoms with E-state index in [1.165, 1.54) is 6.33 Å². The van der Waals surface area contributed by atoms with Crippen LogP contribution in [0.5, 0.6) is 0 Å². The summed E-state index contributed by atoms with van der Waals surface area (Å²) in [7, 11) is -3.53. The van der Waals surface area contributed by atoms with Gasteiger partial charge in [-0.1, -0.05) is 12.8 Å². The summed E-state index contributed by atoms with van der Waals surface area (Å²) in [5.74, 6) is 0.717. The average molecular weight is 306 g/mol. The molecule has 1 aromatic heterocycles. The summed E-state index contributed by atoms with van der Waals surface area (Å²) in [6.45, 7) is 2.65. The summed E-state index contributed by atoms with van der Waals surface area (Å²) in [5, 5.41) is 0.0910. The van der Waals surface area contributed by atoms with Gasteiger partial charge in [-0.2, -0.15) is 0 Å². The fourth-order valence-corrected chi connectivity index (χ4v) is 4.12. The summed E-state index contributed by atoms with van der Waals surface area (Å²) in [6, 6.07) is -0.0666. The molecular weight excluding hydrogens is 286 g/mol. The zero-order valence-electron chi connectivity index (χ0n) is 11.0. The summed E-state index contributed by atoms with van der Waals surface area (Å²) in [5.41, 5.74) is 0. The predicted molar refractivity (Wildman–Crippen MR) is 74.7 cm³/mol. The van der Waals surface area contributed by atoms with Crippen molar-refractivity contribution in [2.45, 2.75) is 50.2 Å². The van der Waals surface area contributed by atoms with Gasteiger partial charge >= 0.3 is 0 Å². The number of nitrogens with zero attached hydrogens (tertiary/aromatic N) is 2. The zero-order valence-corrected chi connectivity index (χ0v) is 12.6. The maximum atomic E-state index is 12.3. The van der Waals surface area contributed by atoms with E-state index in [0.29, 0.717) is 12.4 Å². The zero-order chi connectivity index (χ0) is 13.9. The lowest BCUT2D eigenvalue weighted by Gasteiger charge is -2.30. The number of halogens is 1. The van der Waals surface area contributed by atoms with E-state index < -0.39 is 10.0 Å². The van der Waals surface area contributed by atoms with Crippen molar-refractivity contribution in [2.75, 3.05) is 5.88 Å². The molecule has 108 valence electrons. The number of aryl methyl sites for hydroxylation is 1. The highest BCUT2D eigenvalue weighted by molar-refractivity contribution is 7.89. The Morgan fingerprint density at radius 1 is 1.47 bits per heavy atom. The van der Waals surface area contributed by atoms with Gasteiger partial charge in [-0.15, -0.1) is 11.6 Å². The molecule has 2 atom stereocenters. The molecule has 1 aromatic rings. The van der Waals surface area contributed by atoms with Gasteiger partial charge in [0.1, 0.15) is 0 Å². The Hall–Kier alpha value is -0.590. The Balaban J connectivity index is 2.11. The van der Waals surface area contributed by atoms with Crippen LogP contribution in [0.15, 0.2) is 17.6 Å². The van der Waals surface area contributed by atoms with Crippen LogP contribution in [0.3, 0.4) is 0 Å². The highest BCUT2D eigenvalue weighted by Crippen LogP contribution is 2.26. The molecular formula is C12H20ClN3O2S. The second kappa shape index (κ2) is 6.24. The van der Waals surface area contributed by atoms with E-state index in [-0.39, 0.29) is 17.0 Å². The van der Waals surface area contributed by atoms with E-state index in [9.17, 15) is 8.42 Å². The predicted octanol–water partition coefficient (Wildman–Crippen LogP) is 1.98. The van der Waals surface area contributed by atoms with Gasteiger partial charge in [-0.25, -0.2) is 18.1 Å². The molecule has 1 saturated carbocycles. The number of nitrogens with one attached hydrogen (secondary N) is 1. The third-order valence-corrected chi connectivity index (χ3v) is 5.43. The van der Waals surface area contributed by atoms with Crippen LogP contribution in [0.25, 0.3) is 0 Å². The molecule has 0 aliphatic heterocycles. The van der Waals surface area contributed by atoms with Crippen LogP contribution in [-0.4, -0.2) is 29.9 Å². The fourth-order valence-electron chi connectivity index (χ4n) is 2.46. The first-order chi connectivity index (χ1) is 9.06. The maximum Gasteiger partial charge on any atom is 0.259 e. The summed E-state index contributed by atoms with van der Waals surface area (Å²) in [6.07, 6.45) is 7.10. The first-order valence-corrected chi connectivity index (χ1v) is 8.68. The van der Waals surface area contributed by atoms with Gasteiger partial charge in [0.2, 0.25) is 0 Å². The fraction of sp³-hybridized carbons (Fsp3) is 0.750. The van der Waals surface area contributed by atoms with Crippen molar-refractivity contribution in [3.8, 4) is 0 Å². The number of imidazole rings is 1. The maximum absolute atomic E-state index is 12.3. The Kier molecular flexibility index (Phi) is 4.86. The van der Waals surface area contributed by atoms with Crippen molar-refractivity contribution in [3.63, 3.8) is 0 Å². The lowest BCUT2D eigenvalue weighted by molar-refractivity contribution is 0.313. The Bertz CT molecular complexity index is 515. The SMILES string of the molecule is CCn1cnc(S(=O)(=O)NC2CCCCC2CCl)c1. The summed E-state index contributed by atoms with van der Waals surface area (Å²) < 4.78 is 29.0. The van der Waals surface area contributed by atoms with Crippen molar-refractivity contribution in [3.05, 3.63) is 12.5 Å². The van der Waals surface area contributed by atoms with Gasteiger partial charge in [-0.05, 0) is 25.7 Å². The third-order valence-electron chi connectivity index (χ3n) is 3.66. The van der Waals surface area contributed by atoms with Crippen LogP contribution in [0.2, 0.25) is 0 Å². The number of rotatable bonds is 5. The highest BCUT2D eigenvalue weighted by atomic mass is 35.5. The van der Waals surface area contributed by atoms with Crippen LogP contribution in [0.1, 0.15) is 32.6 Å². The minimum Gasteiger partial charge on any atom is -0.336 e. The monoisotopic (exact) mass is 305 g/mol. The van der Waals surface area contributed by atoms with E-state index >= 15 is 0 Å². The van der Waals surface area contributed by atoms with Crippen molar-refractivity contribution >= 4 is 21.6 Å². The highest BCUT2D eigenvalue weighted by Gasteiger charge is 2.29. The van der Waals surface area contributed by atoms with Crippen molar-refractivity contribution in [1.29, 1.82) is 0 Å². The van der Waals surface area contributed by atoms with Crippen LogP contribution in [0.4, 0.5) is 0 Å². The average Bonchev–Trinajstić information content (AvgIpc) is 2.88. The van der Waals surface area contributed by atoms with Gasteiger partial charge in [0, 0.05) is 24.7 Å².